The number of rotatable bonds is 9. The minimum Gasteiger partial charge on any atom is -0.481 e. The summed E-state index contributed by atoms with van der Waals surface area (Å²) in [5.41, 5.74) is 7.63. The molecule has 1 aromatic rings. The molecule has 0 aliphatic carbocycles. The lowest BCUT2D eigenvalue weighted by molar-refractivity contribution is -0.140. The first-order valence-electron chi connectivity index (χ1n) is 9.33. The Kier molecular flexibility index (Phi) is 6.34. The van der Waals surface area contributed by atoms with E-state index in [1.165, 1.54) is 0 Å². The van der Waals surface area contributed by atoms with E-state index in [9.17, 15) is 19.2 Å². The Bertz CT molecular complexity index is 1070. The number of hydrogen-bond donors (Lipinski definition) is 4. The van der Waals surface area contributed by atoms with Crippen LogP contribution in [0.3, 0.4) is 0 Å². The van der Waals surface area contributed by atoms with Crippen molar-refractivity contribution in [1.82, 2.24) is 5.32 Å². The molecular formula is C20H19N5O6. The van der Waals surface area contributed by atoms with Gasteiger partial charge in [0.25, 0.3) is 11.8 Å². The summed E-state index contributed by atoms with van der Waals surface area (Å²) in [5, 5.41) is 20.2. The molecule has 1 aromatic carbocycles. The summed E-state index contributed by atoms with van der Waals surface area (Å²) in [5.74, 6) is -3.39. The van der Waals surface area contributed by atoms with Gasteiger partial charge in [-0.25, -0.2) is 9.79 Å². The minimum absolute atomic E-state index is 0.121. The second kappa shape index (κ2) is 9.11. The van der Waals surface area contributed by atoms with Crippen LogP contribution in [-0.4, -0.2) is 58.0 Å². The molecule has 1 atom stereocenters. The Balaban J connectivity index is 1.60. The first kappa shape index (κ1) is 21.6. The number of carbonyl (C=O) groups is 4. The Morgan fingerprint density at radius 1 is 1.06 bits per heavy atom. The molecule has 160 valence electrons. The number of aryl methyl sites for hydroxylation is 1. The van der Waals surface area contributed by atoms with Gasteiger partial charge in [-0.3, -0.25) is 14.4 Å². The van der Waals surface area contributed by atoms with Crippen molar-refractivity contribution in [3.63, 3.8) is 0 Å². The van der Waals surface area contributed by atoms with Crippen LogP contribution in [0.1, 0.15) is 35.2 Å². The van der Waals surface area contributed by atoms with E-state index in [0.29, 0.717) is 24.0 Å². The highest BCUT2D eigenvalue weighted by molar-refractivity contribution is 6.34. The molecule has 0 aromatic heterocycles. The van der Waals surface area contributed by atoms with E-state index in [1.807, 2.05) is 0 Å². The van der Waals surface area contributed by atoms with Gasteiger partial charge in [-0.15, -0.1) is 0 Å². The van der Waals surface area contributed by atoms with Gasteiger partial charge in [0.05, 0.1) is 5.57 Å². The van der Waals surface area contributed by atoms with E-state index in [-0.39, 0.29) is 30.2 Å². The van der Waals surface area contributed by atoms with Gasteiger partial charge >= 0.3 is 11.9 Å². The molecule has 5 N–H and O–H groups in total. The van der Waals surface area contributed by atoms with Gasteiger partial charge in [-0.2, -0.15) is 9.98 Å². The first-order chi connectivity index (χ1) is 14.7. The monoisotopic (exact) mass is 425 g/mol. The third-order valence-electron chi connectivity index (χ3n) is 4.69. The maximum Gasteiger partial charge on any atom is 0.326 e. The molecule has 0 saturated heterocycles. The zero-order chi connectivity index (χ0) is 22.5. The van der Waals surface area contributed by atoms with Gasteiger partial charge < -0.3 is 21.3 Å². The Morgan fingerprint density at radius 2 is 1.77 bits per heavy atom. The van der Waals surface area contributed by atoms with E-state index in [4.69, 9.17) is 15.9 Å². The summed E-state index contributed by atoms with van der Waals surface area (Å²) in [6, 6.07) is 5.23. The number of fused-ring (bicyclic) bond motifs is 1. The predicted octanol–water partition coefficient (Wildman–Crippen LogP) is 0.301. The van der Waals surface area contributed by atoms with E-state index in [1.54, 1.807) is 30.5 Å². The quantitative estimate of drug-likeness (QED) is 0.438. The molecule has 3 rings (SSSR count). The number of amidine groups is 1. The third-order valence-corrected chi connectivity index (χ3v) is 4.69. The van der Waals surface area contributed by atoms with Gasteiger partial charge in [0.1, 0.15) is 6.04 Å². The summed E-state index contributed by atoms with van der Waals surface area (Å²) in [7, 11) is 0. The molecule has 0 bridgehead atoms. The van der Waals surface area contributed by atoms with Crippen LogP contribution in [0, 0.1) is 0 Å². The number of carboxylic acid groups (broad SMARTS) is 2. The van der Waals surface area contributed by atoms with Gasteiger partial charge in [-0.05, 0) is 42.5 Å². The normalized spacial score (nSPS) is 15.8. The highest BCUT2D eigenvalue weighted by Gasteiger charge is 2.27. The van der Waals surface area contributed by atoms with Crippen molar-refractivity contribution in [2.45, 2.75) is 31.7 Å². The molecule has 11 nitrogen and oxygen atoms in total. The number of allylic oxidation sites excluding steroid dienone is 1. The summed E-state index contributed by atoms with van der Waals surface area (Å²) < 4.78 is 0. The Labute approximate surface area is 176 Å². The standard InChI is InChI=1S/C20H19N5O6/c21-20-24-16-15(18(29)25-20)12(9-22-16)6-3-10-1-4-11(5-2-10)17(28)23-13(19(30)31)7-8-14(26)27/h1-2,4-5,9,13H,3,6-8H2,(H,23,28)(H,26,27)(H,30,31)(H2,21,25,29). The van der Waals surface area contributed by atoms with E-state index >= 15 is 0 Å². The molecule has 11 heteroatoms. The molecule has 0 saturated carbocycles. The number of aliphatic carboxylic acids is 2. The van der Waals surface area contributed by atoms with Crippen LogP contribution < -0.4 is 11.1 Å². The smallest absolute Gasteiger partial charge is 0.326 e. The molecule has 0 spiro atoms. The van der Waals surface area contributed by atoms with Gasteiger partial charge in [0, 0.05) is 18.2 Å². The van der Waals surface area contributed by atoms with Crippen molar-refractivity contribution in [2.24, 2.45) is 20.7 Å². The maximum absolute atomic E-state index is 12.3. The SMILES string of the molecule is NC1=NC(=O)C2=C(CCc3ccc(C(=O)NC(CCC(=O)O)C(=O)O)cc3)C=NC2=N1. The molecule has 0 fully saturated rings. The number of hydrogen-bond acceptors (Lipinski definition) is 7. The van der Waals surface area contributed by atoms with Crippen LogP contribution in [0.2, 0.25) is 0 Å². The number of carboxylic acids is 2. The lowest BCUT2D eigenvalue weighted by Crippen LogP contribution is -2.41. The molecule has 2 aliphatic heterocycles. The van der Waals surface area contributed by atoms with E-state index in [0.717, 1.165) is 5.56 Å². The van der Waals surface area contributed by atoms with Crippen molar-refractivity contribution in [3.8, 4) is 0 Å². The molecular weight excluding hydrogens is 406 g/mol. The molecule has 2 amide bonds. The number of amides is 2. The highest BCUT2D eigenvalue weighted by Crippen LogP contribution is 2.22. The highest BCUT2D eigenvalue weighted by atomic mass is 16.4. The van der Waals surface area contributed by atoms with Crippen LogP contribution in [0.25, 0.3) is 0 Å². The van der Waals surface area contributed by atoms with E-state index < -0.39 is 29.8 Å². The van der Waals surface area contributed by atoms with E-state index in [2.05, 4.69) is 20.3 Å². The van der Waals surface area contributed by atoms with Gasteiger partial charge in [0.2, 0.25) is 5.96 Å². The summed E-state index contributed by atoms with van der Waals surface area (Å²) in [6.07, 6.45) is 2.03. The molecule has 0 radical (unpaired) electrons. The summed E-state index contributed by atoms with van der Waals surface area (Å²) in [6.45, 7) is 0. The van der Waals surface area contributed by atoms with Crippen molar-refractivity contribution >= 4 is 41.8 Å². The Hall–Kier alpha value is -4.15. The fraction of sp³-hybridized carbons (Fsp3) is 0.250. The van der Waals surface area contributed by atoms with Crippen LogP contribution in [0.15, 0.2) is 50.4 Å². The van der Waals surface area contributed by atoms with Gasteiger partial charge in [0.15, 0.2) is 5.84 Å². The average Bonchev–Trinajstić information content (AvgIpc) is 3.12. The Morgan fingerprint density at radius 3 is 2.42 bits per heavy atom. The third kappa shape index (κ3) is 5.26. The lowest BCUT2D eigenvalue weighted by atomic mass is 10.00. The fourth-order valence-corrected chi connectivity index (χ4v) is 3.08. The molecule has 1 unspecified atom stereocenters. The predicted molar refractivity (Wildman–Crippen MR) is 110 cm³/mol. The fourth-order valence-electron chi connectivity index (χ4n) is 3.08. The topological polar surface area (TPSA) is 184 Å². The number of guanidine groups is 1. The number of aliphatic imine (C=N–C) groups is 3. The number of carbonyl (C=O) groups excluding carboxylic acids is 2. The second-order valence-electron chi connectivity index (χ2n) is 6.86. The largest absolute Gasteiger partial charge is 0.481 e. The number of nitrogens with one attached hydrogen (secondary N) is 1. The number of nitrogens with two attached hydrogens (primary N) is 1. The minimum atomic E-state index is -1.30. The van der Waals surface area contributed by atoms with Crippen LogP contribution >= 0.6 is 0 Å². The summed E-state index contributed by atoms with van der Waals surface area (Å²) in [4.78, 5) is 57.8. The zero-order valence-electron chi connectivity index (χ0n) is 16.2. The van der Waals surface area contributed by atoms with Crippen LogP contribution in [-0.2, 0) is 20.8 Å². The van der Waals surface area contributed by atoms with Crippen molar-refractivity contribution in [1.29, 1.82) is 0 Å². The summed E-state index contributed by atoms with van der Waals surface area (Å²) >= 11 is 0. The maximum atomic E-state index is 12.3. The second-order valence-corrected chi connectivity index (χ2v) is 6.86. The molecule has 2 aliphatic rings. The van der Waals surface area contributed by atoms with Crippen molar-refractivity contribution in [2.75, 3.05) is 0 Å². The van der Waals surface area contributed by atoms with Crippen LogP contribution in [0.5, 0.6) is 0 Å². The first-order valence-corrected chi connectivity index (χ1v) is 9.33. The molecule has 31 heavy (non-hydrogen) atoms. The molecule has 2 heterocycles. The number of benzene rings is 1. The van der Waals surface area contributed by atoms with Crippen molar-refractivity contribution < 1.29 is 29.4 Å². The zero-order valence-corrected chi connectivity index (χ0v) is 16.2. The number of nitrogens with zero attached hydrogens (tertiary/aromatic N) is 3. The average molecular weight is 425 g/mol. The van der Waals surface area contributed by atoms with Gasteiger partial charge in [-0.1, -0.05) is 12.1 Å². The van der Waals surface area contributed by atoms with Crippen molar-refractivity contribution in [3.05, 3.63) is 46.5 Å². The lowest BCUT2D eigenvalue weighted by Gasteiger charge is -2.13. The van der Waals surface area contributed by atoms with Crippen LogP contribution in [0.4, 0.5) is 0 Å².